The van der Waals surface area contributed by atoms with Gasteiger partial charge in [-0.1, -0.05) is 35.6 Å². The molecule has 5 nitrogen and oxygen atoms in total. The van der Waals surface area contributed by atoms with Gasteiger partial charge in [-0.2, -0.15) is 0 Å². The Labute approximate surface area is 175 Å². The largest absolute Gasteiger partial charge is 0.431 e. The highest BCUT2D eigenvalue weighted by atomic mass is 32.1. The number of thiazole rings is 1. The molecule has 154 valence electrons. The van der Waals surface area contributed by atoms with E-state index in [2.05, 4.69) is 28.1 Å². The van der Waals surface area contributed by atoms with Crippen LogP contribution < -0.4 is 4.74 Å². The first-order valence-corrected chi connectivity index (χ1v) is 11.1. The summed E-state index contributed by atoms with van der Waals surface area (Å²) in [5, 5.41) is 9.96. The molecule has 1 aliphatic rings. The fraction of sp³-hybridized carbons (Fsp3) is 0.435. The van der Waals surface area contributed by atoms with Gasteiger partial charge in [0.15, 0.2) is 6.29 Å². The van der Waals surface area contributed by atoms with E-state index in [4.69, 9.17) is 9.47 Å². The summed E-state index contributed by atoms with van der Waals surface area (Å²) in [5.74, 6) is 1.65. The minimum absolute atomic E-state index is 0.569. The summed E-state index contributed by atoms with van der Waals surface area (Å²) in [6, 6.07) is 16.4. The van der Waals surface area contributed by atoms with Crippen LogP contribution in [0.5, 0.6) is 10.9 Å². The molecule has 0 spiro atoms. The molecule has 0 saturated heterocycles. The zero-order valence-electron chi connectivity index (χ0n) is 16.8. The van der Waals surface area contributed by atoms with Crippen LogP contribution in [0.4, 0.5) is 0 Å². The van der Waals surface area contributed by atoms with Crippen LogP contribution in [0.2, 0.25) is 0 Å². The van der Waals surface area contributed by atoms with Gasteiger partial charge in [0.2, 0.25) is 0 Å². The fourth-order valence-electron chi connectivity index (χ4n) is 3.32. The van der Waals surface area contributed by atoms with Crippen molar-refractivity contribution in [3.05, 3.63) is 54.1 Å². The standard InChI is InChI=1S/C23H28N2O3S/c1-17(26)27-15-14-25(16-19-6-7-19)13-12-18-8-10-20(11-9-18)28-23-24-21-4-2-3-5-22(21)29-23/h2-5,8-11,17,19,26H,6-7,12-16H2,1H3. The highest BCUT2D eigenvalue weighted by Gasteiger charge is 2.24. The third kappa shape index (κ3) is 6.24. The number of hydrogen-bond acceptors (Lipinski definition) is 6. The Balaban J connectivity index is 1.29. The van der Waals surface area contributed by atoms with Gasteiger partial charge in [0.25, 0.3) is 5.19 Å². The smallest absolute Gasteiger partial charge is 0.279 e. The van der Waals surface area contributed by atoms with Crippen LogP contribution in [-0.2, 0) is 11.2 Å². The lowest BCUT2D eigenvalue weighted by atomic mass is 10.1. The molecule has 1 saturated carbocycles. The number of benzene rings is 2. The lowest BCUT2D eigenvalue weighted by Gasteiger charge is -2.22. The molecule has 0 aliphatic heterocycles. The minimum atomic E-state index is -0.694. The average molecular weight is 413 g/mol. The van der Waals surface area contributed by atoms with Crippen molar-refractivity contribution >= 4 is 21.6 Å². The highest BCUT2D eigenvalue weighted by molar-refractivity contribution is 7.20. The van der Waals surface area contributed by atoms with Gasteiger partial charge in [-0.25, -0.2) is 4.98 Å². The first-order chi connectivity index (χ1) is 14.2. The number of ether oxygens (including phenoxy) is 2. The first kappa shape index (κ1) is 20.3. The van der Waals surface area contributed by atoms with Gasteiger partial charge in [0.05, 0.1) is 16.8 Å². The van der Waals surface area contributed by atoms with Gasteiger partial charge in [0, 0.05) is 19.6 Å². The van der Waals surface area contributed by atoms with Crippen molar-refractivity contribution < 1.29 is 14.6 Å². The maximum absolute atomic E-state index is 9.28. The highest BCUT2D eigenvalue weighted by Crippen LogP contribution is 2.31. The zero-order valence-corrected chi connectivity index (χ0v) is 17.6. The van der Waals surface area contributed by atoms with E-state index in [1.807, 2.05) is 30.3 Å². The predicted octanol–water partition coefficient (Wildman–Crippen LogP) is 4.70. The Bertz CT molecular complexity index is 873. The van der Waals surface area contributed by atoms with Crippen LogP contribution in [0.25, 0.3) is 10.2 Å². The van der Waals surface area contributed by atoms with E-state index in [-0.39, 0.29) is 0 Å². The monoisotopic (exact) mass is 412 g/mol. The predicted molar refractivity (Wildman–Crippen MR) is 117 cm³/mol. The van der Waals surface area contributed by atoms with Crippen LogP contribution in [0.1, 0.15) is 25.3 Å². The SMILES string of the molecule is CC(O)OCCN(CCc1ccc(Oc2nc3ccccc3s2)cc1)CC1CC1. The van der Waals surface area contributed by atoms with E-state index in [1.54, 1.807) is 18.3 Å². The molecule has 1 unspecified atom stereocenters. The maximum atomic E-state index is 9.28. The molecule has 29 heavy (non-hydrogen) atoms. The van der Waals surface area contributed by atoms with Crippen molar-refractivity contribution in [1.82, 2.24) is 9.88 Å². The van der Waals surface area contributed by atoms with Crippen molar-refractivity contribution in [3.8, 4) is 10.9 Å². The van der Waals surface area contributed by atoms with Crippen LogP contribution in [0.3, 0.4) is 0 Å². The third-order valence-electron chi connectivity index (χ3n) is 5.10. The summed E-state index contributed by atoms with van der Waals surface area (Å²) in [7, 11) is 0. The van der Waals surface area contributed by atoms with Crippen molar-refractivity contribution in [2.75, 3.05) is 26.2 Å². The van der Waals surface area contributed by atoms with Crippen molar-refractivity contribution in [1.29, 1.82) is 0 Å². The number of aromatic nitrogens is 1. The number of para-hydroxylation sites is 1. The van der Waals surface area contributed by atoms with Crippen molar-refractivity contribution in [2.24, 2.45) is 5.92 Å². The molecular formula is C23H28N2O3S. The van der Waals surface area contributed by atoms with Gasteiger partial charge in [-0.15, -0.1) is 0 Å². The second-order valence-corrected chi connectivity index (χ2v) is 8.65. The second kappa shape index (κ2) is 9.67. The van der Waals surface area contributed by atoms with Crippen LogP contribution in [-0.4, -0.2) is 47.5 Å². The number of fused-ring (bicyclic) bond motifs is 1. The topological polar surface area (TPSA) is 54.8 Å². The summed E-state index contributed by atoms with van der Waals surface area (Å²) in [5.41, 5.74) is 2.26. The van der Waals surface area contributed by atoms with E-state index >= 15 is 0 Å². The maximum Gasteiger partial charge on any atom is 0.279 e. The molecule has 1 aliphatic carbocycles. The summed E-state index contributed by atoms with van der Waals surface area (Å²) >= 11 is 1.56. The Morgan fingerprint density at radius 3 is 2.66 bits per heavy atom. The average Bonchev–Trinajstić information content (AvgIpc) is 3.43. The lowest BCUT2D eigenvalue weighted by molar-refractivity contribution is -0.0894. The number of nitrogens with zero attached hydrogens (tertiary/aromatic N) is 2. The van der Waals surface area contributed by atoms with Gasteiger partial charge in [0.1, 0.15) is 5.75 Å². The number of hydrogen-bond donors (Lipinski definition) is 1. The fourth-order valence-corrected chi connectivity index (χ4v) is 4.15. The Kier molecular flexibility index (Phi) is 6.77. The number of aliphatic hydroxyl groups is 1. The quantitative estimate of drug-likeness (QED) is 0.463. The van der Waals surface area contributed by atoms with Crippen LogP contribution >= 0.6 is 11.3 Å². The molecule has 1 heterocycles. The van der Waals surface area contributed by atoms with Gasteiger partial charge >= 0.3 is 0 Å². The van der Waals surface area contributed by atoms with E-state index in [0.29, 0.717) is 11.8 Å². The van der Waals surface area contributed by atoms with Crippen molar-refractivity contribution in [2.45, 2.75) is 32.5 Å². The molecule has 3 aromatic rings. The molecular weight excluding hydrogens is 384 g/mol. The molecule has 1 fully saturated rings. The summed E-state index contributed by atoms with van der Waals surface area (Å²) in [6.45, 7) is 5.21. The normalized spacial score (nSPS) is 15.1. The molecule has 0 amide bonds. The Morgan fingerprint density at radius 2 is 1.93 bits per heavy atom. The molecule has 1 atom stereocenters. The Hall–Kier alpha value is -1.99. The lowest BCUT2D eigenvalue weighted by Crippen LogP contribution is -2.32. The van der Waals surface area contributed by atoms with E-state index in [1.165, 1.54) is 18.4 Å². The minimum Gasteiger partial charge on any atom is -0.431 e. The van der Waals surface area contributed by atoms with E-state index in [0.717, 1.165) is 47.9 Å². The summed E-state index contributed by atoms with van der Waals surface area (Å²) in [6.07, 6.45) is 2.97. The van der Waals surface area contributed by atoms with Crippen molar-refractivity contribution in [3.63, 3.8) is 0 Å². The van der Waals surface area contributed by atoms with Crippen LogP contribution in [0, 0.1) is 5.92 Å². The number of aliphatic hydroxyl groups excluding tert-OH is 1. The molecule has 1 aromatic heterocycles. The summed E-state index contributed by atoms with van der Waals surface area (Å²) < 4.78 is 12.4. The molecule has 1 N–H and O–H groups in total. The van der Waals surface area contributed by atoms with Gasteiger partial charge in [-0.3, -0.25) is 0 Å². The Morgan fingerprint density at radius 1 is 1.14 bits per heavy atom. The third-order valence-corrected chi connectivity index (χ3v) is 6.01. The second-order valence-electron chi connectivity index (χ2n) is 7.66. The molecule has 0 radical (unpaired) electrons. The number of rotatable bonds is 11. The first-order valence-electron chi connectivity index (χ1n) is 10.3. The summed E-state index contributed by atoms with van der Waals surface area (Å²) in [4.78, 5) is 6.97. The molecule has 6 heteroatoms. The van der Waals surface area contributed by atoms with Gasteiger partial charge in [-0.05, 0) is 61.9 Å². The molecule has 4 rings (SSSR count). The van der Waals surface area contributed by atoms with E-state index in [9.17, 15) is 5.11 Å². The molecule has 2 aromatic carbocycles. The zero-order chi connectivity index (χ0) is 20.1. The molecule has 0 bridgehead atoms. The van der Waals surface area contributed by atoms with Gasteiger partial charge < -0.3 is 19.5 Å². The van der Waals surface area contributed by atoms with Crippen LogP contribution in [0.15, 0.2) is 48.5 Å². The van der Waals surface area contributed by atoms with E-state index < -0.39 is 6.29 Å².